The summed E-state index contributed by atoms with van der Waals surface area (Å²) in [6, 6.07) is 13.8. The van der Waals surface area contributed by atoms with Crippen molar-refractivity contribution in [1.29, 1.82) is 0 Å². The summed E-state index contributed by atoms with van der Waals surface area (Å²) in [6.07, 6.45) is 3.79. The van der Waals surface area contributed by atoms with Crippen molar-refractivity contribution in [3.63, 3.8) is 0 Å². The second-order valence-electron chi connectivity index (χ2n) is 8.40. The lowest BCUT2D eigenvalue weighted by Gasteiger charge is -2.19. The first-order valence-corrected chi connectivity index (χ1v) is 10.6. The fourth-order valence-corrected chi connectivity index (χ4v) is 4.03. The molecule has 0 radical (unpaired) electrons. The first-order chi connectivity index (χ1) is 15.3. The molecule has 0 saturated heterocycles. The van der Waals surface area contributed by atoms with Crippen LogP contribution in [0.25, 0.3) is 33.3 Å². The second-order valence-corrected chi connectivity index (χ2v) is 8.40. The number of hydrogen-bond acceptors (Lipinski definition) is 4. The molecule has 4 rings (SSSR count). The van der Waals surface area contributed by atoms with E-state index >= 15 is 0 Å². The number of fused-ring (bicyclic) bond motifs is 1. The van der Waals surface area contributed by atoms with E-state index in [1.165, 1.54) is 4.90 Å². The van der Waals surface area contributed by atoms with Gasteiger partial charge in [-0.1, -0.05) is 32.0 Å². The van der Waals surface area contributed by atoms with Crippen LogP contribution in [-0.2, 0) is 0 Å². The van der Waals surface area contributed by atoms with E-state index < -0.39 is 0 Å². The molecule has 0 bridgehead atoms. The molecule has 6 heteroatoms. The van der Waals surface area contributed by atoms with E-state index in [9.17, 15) is 4.79 Å². The number of nitrogens with zero attached hydrogens (tertiary/aromatic N) is 2. The number of carbonyl (C=O) groups is 1. The minimum absolute atomic E-state index is 0.121. The molecule has 0 unspecified atom stereocenters. The van der Waals surface area contributed by atoms with Crippen LogP contribution in [0.5, 0.6) is 5.75 Å². The minimum atomic E-state index is -0.121. The van der Waals surface area contributed by atoms with Gasteiger partial charge in [0, 0.05) is 54.3 Å². The molecule has 32 heavy (non-hydrogen) atoms. The molecule has 2 heterocycles. The molecule has 164 valence electrons. The number of carbonyl (C=O) groups excluding carboxylic acids is 1. The Hall–Kier alpha value is -3.80. The number of para-hydroxylation sites is 1. The van der Waals surface area contributed by atoms with Crippen molar-refractivity contribution >= 4 is 22.6 Å². The number of nitrogens with two attached hydrogens (primary N) is 1. The highest BCUT2D eigenvalue weighted by Crippen LogP contribution is 2.38. The Kier molecular flexibility index (Phi) is 5.61. The number of rotatable bonds is 5. The number of H-pyrrole nitrogens is 1. The normalized spacial score (nSPS) is 11.2. The zero-order valence-corrected chi connectivity index (χ0v) is 19.1. The highest BCUT2D eigenvalue weighted by molar-refractivity contribution is 6.02. The predicted octanol–water partition coefficient (Wildman–Crippen LogP) is 5.31. The number of anilines is 1. The van der Waals surface area contributed by atoms with Gasteiger partial charge in [0.15, 0.2) is 0 Å². The lowest BCUT2D eigenvalue weighted by Crippen LogP contribution is -2.23. The Bertz CT molecular complexity index is 1300. The molecular formula is C26H28N4O2. The van der Waals surface area contributed by atoms with Crippen LogP contribution in [0.15, 0.2) is 54.9 Å². The largest absolute Gasteiger partial charge is 0.496 e. The molecular weight excluding hydrogens is 400 g/mol. The average Bonchev–Trinajstić information content (AvgIpc) is 3.21. The summed E-state index contributed by atoms with van der Waals surface area (Å²) < 4.78 is 5.57. The first-order valence-electron chi connectivity index (χ1n) is 10.6. The maximum absolute atomic E-state index is 12.7. The zero-order chi connectivity index (χ0) is 23.0. The van der Waals surface area contributed by atoms with Crippen molar-refractivity contribution < 1.29 is 9.53 Å². The highest BCUT2D eigenvalue weighted by atomic mass is 16.5. The standard InChI is InChI=1S/C26H28N4O2/c1-15(2)18-12-23(27)21(26(31)30(3)4)11-19(18)16-10-20-22(14-29-25(20)28-13-16)17-8-6-7-9-24(17)32-5/h6-15H,27H2,1-5H3,(H,28,29). The van der Waals surface area contributed by atoms with Crippen LogP contribution in [0, 0.1) is 0 Å². The number of hydrogen-bond donors (Lipinski definition) is 2. The third kappa shape index (κ3) is 3.68. The van der Waals surface area contributed by atoms with Crippen molar-refractivity contribution in [3.8, 4) is 28.0 Å². The Morgan fingerprint density at radius 1 is 1.09 bits per heavy atom. The van der Waals surface area contributed by atoms with Crippen LogP contribution in [0.4, 0.5) is 5.69 Å². The SMILES string of the molecule is COc1ccccc1-c1c[nH]c2ncc(-c3cc(C(=O)N(C)C)c(N)cc3C(C)C)cc12. The van der Waals surface area contributed by atoms with Crippen LogP contribution >= 0.6 is 0 Å². The van der Waals surface area contributed by atoms with Gasteiger partial charge < -0.3 is 20.4 Å². The fraction of sp³-hybridized carbons (Fsp3) is 0.231. The van der Waals surface area contributed by atoms with Gasteiger partial charge in [-0.3, -0.25) is 4.79 Å². The smallest absolute Gasteiger partial charge is 0.255 e. The fourth-order valence-electron chi connectivity index (χ4n) is 4.03. The minimum Gasteiger partial charge on any atom is -0.496 e. The number of pyridine rings is 1. The number of benzene rings is 2. The third-order valence-corrected chi connectivity index (χ3v) is 5.72. The van der Waals surface area contributed by atoms with Crippen LogP contribution in [0.1, 0.15) is 35.7 Å². The number of nitrogens with one attached hydrogen (secondary N) is 1. The first kappa shape index (κ1) is 21.4. The molecule has 0 spiro atoms. The molecule has 0 aliphatic rings. The molecule has 6 nitrogen and oxygen atoms in total. The van der Waals surface area contributed by atoms with Gasteiger partial charge in [-0.2, -0.15) is 0 Å². The quantitative estimate of drug-likeness (QED) is 0.422. The van der Waals surface area contributed by atoms with Gasteiger partial charge >= 0.3 is 0 Å². The van der Waals surface area contributed by atoms with Gasteiger partial charge in [0.25, 0.3) is 5.91 Å². The van der Waals surface area contributed by atoms with Gasteiger partial charge in [0.2, 0.25) is 0 Å². The number of methoxy groups -OCH3 is 1. The van der Waals surface area contributed by atoms with Gasteiger partial charge in [0.05, 0.1) is 12.7 Å². The van der Waals surface area contributed by atoms with E-state index in [0.717, 1.165) is 44.6 Å². The van der Waals surface area contributed by atoms with Crippen molar-refractivity contribution in [2.24, 2.45) is 0 Å². The second kappa shape index (κ2) is 8.38. The average molecular weight is 429 g/mol. The molecule has 0 atom stereocenters. The predicted molar refractivity (Wildman–Crippen MR) is 130 cm³/mol. The molecule has 2 aromatic carbocycles. The van der Waals surface area contributed by atoms with Crippen LogP contribution < -0.4 is 10.5 Å². The lowest BCUT2D eigenvalue weighted by atomic mass is 9.90. The van der Waals surface area contributed by atoms with Gasteiger partial charge in [-0.25, -0.2) is 4.98 Å². The summed E-state index contributed by atoms with van der Waals surface area (Å²) in [7, 11) is 5.12. The zero-order valence-electron chi connectivity index (χ0n) is 19.1. The van der Waals surface area contributed by atoms with E-state index in [0.29, 0.717) is 11.3 Å². The maximum atomic E-state index is 12.7. The molecule has 1 amide bonds. The summed E-state index contributed by atoms with van der Waals surface area (Å²) in [5, 5.41) is 0.985. The maximum Gasteiger partial charge on any atom is 0.255 e. The molecule has 0 aliphatic heterocycles. The number of nitrogen functional groups attached to an aromatic ring is 1. The molecule has 0 aliphatic carbocycles. The highest BCUT2D eigenvalue weighted by Gasteiger charge is 2.19. The molecule has 4 aromatic rings. The Morgan fingerprint density at radius 2 is 1.84 bits per heavy atom. The van der Waals surface area contributed by atoms with Crippen molar-refractivity contribution in [1.82, 2.24) is 14.9 Å². The number of aromatic amines is 1. The Balaban J connectivity index is 1.94. The number of amides is 1. The van der Waals surface area contributed by atoms with Crippen LogP contribution in [0.2, 0.25) is 0 Å². The van der Waals surface area contributed by atoms with Crippen LogP contribution in [0.3, 0.4) is 0 Å². The summed E-state index contributed by atoms with van der Waals surface area (Å²) >= 11 is 0. The number of aromatic nitrogens is 2. The van der Waals surface area contributed by atoms with E-state index in [4.69, 9.17) is 10.5 Å². The summed E-state index contributed by atoms with van der Waals surface area (Å²) in [5.41, 5.74) is 13.0. The van der Waals surface area contributed by atoms with E-state index in [1.54, 1.807) is 21.2 Å². The summed E-state index contributed by atoms with van der Waals surface area (Å²) in [5.74, 6) is 0.906. The van der Waals surface area contributed by atoms with Crippen molar-refractivity contribution in [2.45, 2.75) is 19.8 Å². The molecule has 3 N–H and O–H groups in total. The van der Waals surface area contributed by atoms with Gasteiger partial charge in [-0.15, -0.1) is 0 Å². The Labute approximate surface area is 188 Å². The van der Waals surface area contributed by atoms with E-state index in [2.05, 4.69) is 29.9 Å². The summed E-state index contributed by atoms with van der Waals surface area (Å²) in [6.45, 7) is 4.24. The molecule has 2 aromatic heterocycles. The van der Waals surface area contributed by atoms with Crippen molar-refractivity contribution in [2.75, 3.05) is 26.9 Å². The third-order valence-electron chi connectivity index (χ3n) is 5.72. The Morgan fingerprint density at radius 3 is 2.53 bits per heavy atom. The number of ether oxygens (including phenoxy) is 1. The van der Waals surface area contributed by atoms with Crippen LogP contribution in [-0.4, -0.2) is 42.0 Å². The van der Waals surface area contributed by atoms with E-state index in [-0.39, 0.29) is 11.8 Å². The van der Waals surface area contributed by atoms with Gasteiger partial charge in [0.1, 0.15) is 11.4 Å². The van der Waals surface area contributed by atoms with Gasteiger partial charge in [-0.05, 0) is 41.3 Å². The summed E-state index contributed by atoms with van der Waals surface area (Å²) in [4.78, 5) is 22.2. The topological polar surface area (TPSA) is 84.2 Å². The van der Waals surface area contributed by atoms with Crippen molar-refractivity contribution in [3.05, 3.63) is 66.0 Å². The monoisotopic (exact) mass is 428 g/mol. The molecule has 0 saturated carbocycles. The lowest BCUT2D eigenvalue weighted by molar-refractivity contribution is 0.0828. The van der Waals surface area contributed by atoms with E-state index in [1.807, 2.05) is 48.8 Å². The molecule has 0 fully saturated rings.